The molecule has 3 aromatic carbocycles. The van der Waals surface area contributed by atoms with E-state index in [9.17, 15) is 4.79 Å². The zero-order valence-corrected chi connectivity index (χ0v) is 15.5. The highest BCUT2D eigenvalue weighted by atomic mass is 35.5. The van der Waals surface area contributed by atoms with Gasteiger partial charge in [0, 0.05) is 5.02 Å². The Morgan fingerprint density at radius 2 is 1.42 bits per heavy atom. The summed E-state index contributed by atoms with van der Waals surface area (Å²) < 4.78 is 0. The number of hydrogen-bond acceptors (Lipinski definition) is 2. The molecule has 0 saturated carbocycles. The van der Waals surface area contributed by atoms with E-state index in [1.54, 1.807) is 18.2 Å². The molecule has 0 bridgehead atoms. The SMILES string of the molecule is O=C(CNC(c1ccccc1)c1ccccc1)Nc1ccc(Cl)cc1Cl. The molecule has 3 nitrogen and oxygen atoms in total. The molecule has 0 fully saturated rings. The zero-order chi connectivity index (χ0) is 18.4. The van der Waals surface area contributed by atoms with E-state index in [-0.39, 0.29) is 18.5 Å². The summed E-state index contributed by atoms with van der Waals surface area (Å²) in [7, 11) is 0. The van der Waals surface area contributed by atoms with Crippen LogP contribution in [0.5, 0.6) is 0 Å². The topological polar surface area (TPSA) is 41.1 Å². The lowest BCUT2D eigenvalue weighted by atomic mass is 9.99. The van der Waals surface area contributed by atoms with E-state index in [4.69, 9.17) is 23.2 Å². The number of nitrogens with one attached hydrogen (secondary N) is 2. The fraction of sp³-hybridized carbons (Fsp3) is 0.0952. The summed E-state index contributed by atoms with van der Waals surface area (Å²) in [6.07, 6.45) is 0. The van der Waals surface area contributed by atoms with Gasteiger partial charge in [0.05, 0.1) is 23.3 Å². The molecule has 3 rings (SSSR count). The van der Waals surface area contributed by atoms with Crippen molar-refractivity contribution in [3.8, 4) is 0 Å². The highest BCUT2D eigenvalue weighted by Gasteiger charge is 2.15. The molecule has 0 aliphatic rings. The van der Waals surface area contributed by atoms with Gasteiger partial charge in [-0.1, -0.05) is 83.9 Å². The van der Waals surface area contributed by atoms with Crippen LogP contribution in [-0.4, -0.2) is 12.5 Å². The maximum absolute atomic E-state index is 12.4. The minimum absolute atomic E-state index is 0.0798. The monoisotopic (exact) mass is 384 g/mol. The van der Waals surface area contributed by atoms with E-state index in [1.165, 1.54) is 0 Å². The number of anilines is 1. The molecule has 5 heteroatoms. The third kappa shape index (κ3) is 4.85. The van der Waals surface area contributed by atoms with E-state index in [0.717, 1.165) is 11.1 Å². The second-order valence-corrected chi connectivity index (χ2v) is 6.65. The highest BCUT2D eigenvalue weighted by molar-refractivity contribution is 6.36. The first-order valence-electron chi connectivity index (χ1n) is 8.21. The fourth-order valence-corrected chi connectivity index (χ4v) is 3.15. The Hall–Kier alpha value is -2.33. The van der Waals surface area contributed by atoms with Crippen LogP contribution in [0.4, 0.5) is 5.69 Å². The molecule has 26 heavy (non-hydrogen) atoms. The fourth-order valence-electron chi connectivity index (χ4n) is 2.70. The van der Waals surface area contributed by atoms with Gasteiger partial charge in [-0.15, -0.1) is 0 Å². The largest absolute Gasteiger partial charge is 0.324 e. The third-order valence-corrected chi connectivity index (χ3v) is 4.49. The maximum atomic E-state index is 12.4. The Balaban J connectivity index is 1.71. The molecule has 0 saturated heterocycles. The van der Waals surface area contributed by atoms with Gasteiger partial charge in [-0.05, 0) is 29.3 Å². The predicted molar refractivity (Wildman–Crippen MR) is 108 cm³/mol. The van der Waals surface area contributed by atoms with Crippen LogP contribution in [0.15, 0.2) is 78.9 Å². The van der Waals surface area contributed by atoms with Crippen molar-refractivity contribution in [3.05, 3.63) is 100 Å². The van der Waals surface area contributed by atoms with E-state index < -0.39 is 0 Å². The van der Waals surface area contributed by atoms with Crippen LogP contribution in [0.1, 0.15) is 17.2 Å². The predicted octanol–water partition coefficient (Wildman–Crippen LogP) is 5.31. The summed E-state index contributed by atoms with van der Waals surface area (Å²) in [4.78, 5) is 12.4. The van der Waals surface area contributed by atoms with Gasteiger partial charge in [-0.25, -0.2) is 0 Å². The van der Waals surface area contributed by atoms with Gasteiger partial charge in [-0.3, -0.25) is 10.1 Å². The minimum Gasteiger partial charge on any atom is -0.324 e. The van der Waals surface area contributed by atoms with E-state index in [0.29, 0.717) is 15.7 Å². The lowest BCUT2D eigenvalue weighted by Gasteiger charge is -2.20. The number of amides is 1. The molecule has 2 N–H and O–H groups in total. The van der Waals surface area contributed by atoms with Gasteiger partial charge < -0.3 is 5.32 Å². The van der Waals surface area contributed by atoms with E-state index in [1.807, 2.05) is 60.7 Å². The number of carbonyl (C=O) groups is 1. The van der Waals surface area contributed by atoms with E-state index in [2.05, 4.69) is 10.6 Å². The quantitative estimate of drug-likeness (QED) is 0.604. The Bertz CT molecular complexity index is 830. The summed E-state index contributed by atoms with van der Waals surface area (Å²) in [5.74, 6) is -0.175. The van der Waals surface area contributed by atoms with Crippen LogP contribution >= 0.6 is 23.2 Å². The molecular formula is C21H18Cl2N2O. The average molecular weight is 385 g/mol. The summed E-state index contributed by atoms with van der Waals surface area (Å²) in [6.45, 7) is 0.146. The Morgan fingerprint density at radius 1 is 0.846 bits per heavy atom. The Morgan fingerprint density at radius 3 is 1.96 bits per heavy atom. The summed E-state index contributed by atoms with van der Waals surface area (Å²) >= 11 is 12.0. The maximum Gasteiger partial charge on any atom is 0.238 e. The van der Waals surface area contributed by atoms with Crippen molar-refractivity contribution in [2.75, 3.05) is 11.9 Å². The molecule has 0 radical (unpaired) electrons. The van der Waals surface area contributed by atoms with Crippen molar-refractivity contribution in [3.63, 3.8) is 0 Å². The normalized spacial score (nSPS) is 10.7. The Labute approximate surface area is 163 Å². The first-order valence-corrected chi connectivity index (χ1v) is 8.97. The van der Waals surface area contributed by atoms with Gasteiger partial charge in [-0.2, -0.15) is 0 Å². The standard InChI is InChI=1S/C21H18Cl2N2O/c22-17-11-12-19(18(23)13-17)25-20(26)14-24-21(15-7-3-1-4-8-15)16-9-5-2-6-10-16/h1-13,21,24H,14H2,(H,25,26). The number of benzene rings is 3. The molecule has 0 spiro atoms. The van der Waals surface area contributed by atoms with Crippen LogP contribution in [-0.2, 0) is 4.79 Å². The van der Waals surface area contributed by atoms with Crippen LogP contribution < -0.4 is 10.6 Å². The van der Waals surface area contributed by atoms with Gasteiger partial charge in [0.15, 0.2) is 0 Å². The van der Waals surface area contributed by atoms with Gasteiger partial charge in [0.25, 0.3) is 0 Å². The molecular weight excluding hydrogens is 367 g/mol. The number of hydrogen-bond donors (Lipinski definition) is 2. The minimum atomic E-state index is -0.175. The first-order chi connectivity index (χ1) is 12.6. The highest BCUT2D eigenvalue weighted by Crippen LogP contribution is 2.25. The van der Waals surface area contributed by atoms with Crippen LogP contribution in [0.3, 0.4) is 0 Å². The second kappa shape index (κ2) is 8.86. The second-order valence-electron chi connectivity index (χ2n) is 5.81. The molecule has 3 aromatic rings. The van der Waals surface area contributed by atoms with Crippen LogP contribution in [0, 0.1) is 0 Å². The molecule has 132 valence electrons. The molecule has 0 aliphatic carbocycles. The molecule has 0 aliphatic heterocycles. The van der Waals surface area contributed by atoms with Crippen LogP contribution in [0.2, 0.25) is 10.0 Å². The van der Waals surface area contributed by atoms with Crippen molar-refractivity contribution in [2.24, 2.45) is 0 Å². The lowest BCUT2D eigenvalue weighted by Crippen LogP contribution is -2.32. The van der Waals surface area contributed by atoms with Gasteiger partial charge in [0.2, 0.25) is 5.91 Å². The summed E-state index contributed by atoms with van der Waals surface area (Å²) in [5.41, 5.74) is 2.73. The van der Waals surface area contributed by atoms with Crippen molar-refractivity contribution in [1.29, 1.82) is 0 Å². The smallest absolute Gasteiger partial charge is 0.238 e. The lowest BCUT2D eigenvalue weighted by molar-refractivity contribution is -0.115. The van der Waals surface area contributed by atoms with E-state index >= 15 is 0 Å². The first kappa shape index (κ1) is 18.5. The number of halogens is 2. The van der Waals surface area contributed by atoms with Gasteiger partial charge in [0.1, 0.15) is 0 Å². The molecule has 0 heterocycles. The molecule has 0 atom stereocenters. The molecule has 0 aromatic heterocycles. The third-order valence-electron chi connectivity index (χ3n) is 3.94. The van der Waals surface area contributed by atoms with Crippen molar-refractivity contribution in [2.45, 2.75) is 6.04 Å². The zero-order valence-electron chi connectivity index (χ0n) is 14.0. The molecule has 0 unspecified atom stereocenters. The molecule has 1 amide bonds. The number of rotatable bonds is 6. The number of carbonyl (C=O) groups excluding carboxylic acids is 1. The Kier molecular flexibility index (Phi) is 6.29. The van der Waals surface area contributed by atoms with Crippen molar-refractivity contribution < 1.29 is 4.79 Å². The summed E-state index contributed by atoms with van der Waals surface area (Å²) in [6, 6.07) is 25.0. The van der Waals surface area contributed by atoms with Gasteiger partial charge >= 0.3 is 0 Å². The average Bonchev–Trinajstić information content (AvgIpc) is 2.66. The van der Waals surface area contributed by atoms with Crippen LogP contribution in [0.25, 0.3) is 0 Å². The van der Waals surface area contributed by atoms with Crippen molar-refractivity contribution in [1.82, 2.24) is 5.32 Å². The summed E-state index contributed by atoms with van der Waals surface area (Å²) in [5, 5.41) is 7.06. The van der Waals surface area contributed by atoms with Crippen molar-refractivity contribution >= 4 is 34.8 Å².